The number of nitrogens with zero attached hydrogens (tertiary/aromatic N) is 4. The van der Waals surface area contributed by atoms with Crippen molar-refractivity contribution in [2.24, 2.45) is 0 Å². The van der Waals surface area contributed by atoms with E-state index < -0.39 is 0 Å². The van der Waals surface area contributed by atoms with Gasteiger partial charge in [-0.3, -0.25) is 4.79 Å². The lowest BCUT2D eigenvalue weighted by molar-refractivity contribution is 0.0708. The van der Waals surface area contributed by atoms with Crippen LogP contribution in [0.3, 0.4) is 0 Å². The van der Waals surface area contributed by atoms with Gasteiger partial charge in [-0.2, -0.15) is 0 Å². The second-order valence-corrected chi connectivity index (χ2v) is 7.84. The third kappa shape index (κ3) is 4.13. The first-order valence-corrected chi connectivity index (χ1v) is 9.72. The Morgan fingerprint density at radius 1 is 1.23 bits per heavy atom. The van der Waals surface area contributed by atoms with Crippen molar-refractivity contribution in [2.75, 3.05) is 25.0 Å². The van der Waals surface area contributed by atoms with Crippen LogP contribution in [0.5, 0.6) is 0 Å². The molecule has 1 aromatic heterocycles. The molecule has 138 valence electrons. The highest BCUT2D eigenvalue weighted by atomic mass is 127. The van der Waals surface area contributed by atoms with Crippen LogP contribution in [0.4, 0.5) is 10.2 Å². The van der Waals surface area contributed by atoms with Crippen LogP contribution >= 0.6 is 22.6 Å². The Hall–Kier alpha value is -1.77. The summed E-state index contributed by atoms with van der Waals surface area (Å²) in [5, 5.41) is 0. The van der Waals surface area contributed by atoms with E-state index in [9.17, 15) is 9.18 Å². The summed E-state index contributed by atoms with van der Waals surface area (Å²) in [6, 6.07) is 6.79. The molecule has 3 rings (SSSR count). The van der Waals surface area contributed by atoms with E-state index in [1.54, 1.807) is 24.1 Å². The molecule has 0 unspecified atom stereocenters. The molecular formula is C19H22FIN4O. The van der Waals surface area contributed by atoms with E-state index in [0.29, 0.717) is 9.13 Å². The summed E-state index contributed by atoms with van der Waals surface area (Å²) in [7, 11) is 1.80. The zero-order valence-electron chi connectivity index (χ0n) is 15.2. The predicted octanol–water partition coefficient (Wildman–Crippen LogP) is 3.58. The van der Waals surface area contributed by atoms with Gasteiger partial charge < -0.3 is 9.80 Å². The fraction of sp³-hybridized carbons (Fsp3) is 0.421. The van der Waals surface area contributed by atoms with Gasteiger partial charge in [0, 0.05) is 47.1 Å². The van der Waals surface area contributed by atoms with Crippen LogP contribution < -0.4 is 4.90 Å². The van der Waals surface area contributed by atoms with Crippen LogP contribution in [-0.4, -0.2) is 47.0 Å². The number of anilines is 1. The average molecular weight is 468 g/mol. The minimum atomic E-state index is -0.353. The van der Waals surface area contributed by atoms with Crippen molar-refractivity contribution in [3.8, 4) is 0 Å². The molecule has 2 heterocycles. The van der Waals surface area contributed by atoms with E-state index in [4.69, 9.17) is 0 Å². The number of piperidine rings is 1. The van der Waals surface area contributed by atoms with E-state index in [0.717, 1.165) is 43.3 Å². The fourth-order valence-electron chi connectivity index (χ4n) is 3.34. The highest BCUT2D eigenvalue weighted by Gasteiger charge is 2.27. The molecule has 7 heteroatoms. The first-order valence-electron chi connectivity index (χ1n) is 8.64. The Morgan fingerprint density at radius 2 is 1.92 bits per heavy atom. The standard InChI is InChI=1S/C19H22FIN4O/c1-12-10-18(23-13(2)22-12)25-8-6-15(7-9-25)24(3)19(26)14-4-5-17(21)16(20)11-14/h4-5,10-11,15H,6-9H2,1-3H3. The Morgan fingerprint density at radius 3 is 2.54 bits per heavy atom. The van der Waals surface area contributed by atoms with Gasteiger partial charge in [-0.25, -0.2) is 14.4 Å². The second-order valence-electron chi connectivity index (χ2n) is 6.68. The zero-order valence-corrected chi connectivity index (χ0v) is 17.3. The van der Waals surface area contributed by atoms with Crippen LogP contribution in [0.25, 0.3) is 0 Å². The van der Waals surface area contributed by atoms with Crippen LogP contribution in [0.15, 0.2) is 24.3 Å². The maximum atomic E-state index is 13.8. The molecule has 1 fully saturated rings. The van der Waals surface area contributed by atoms with Crippen LogP contribution in [0.1, 0.15) is 34.7 Å². The minimum Gasteiger partial charge on any atom is -0.356 e. The van der Waals surface area contributed by atoms with E-state index in [1.807, 2.05) is 42.5 Å². The number of halogens is 2. The molecule has 1 aliphatic heterocycles. The van der Waals surface area contributed by atoms with E-state index in [-0.39, 0.29) is 17.8 Å². The van der Waals surface area contributed by atoms with Crippen molar-refractivity contribution in [2.45, 2.75) is 32.7 Å². The summed E-state index contributed by atoms with van der Waals surface area (Å²) in [6.07, 6.45) is 1.72. The Labute approximate surface area is 166 Å². The number of hydrogen-bond donors (Lipinski definition) is 0. The summed E-state index contributed by atoms with van der Waals surface area (Å²) < 4.78 is 14.3. The summed E-state index contributed by atoms with van der Waals surface area (Å²) in [6.45, 7) is 5.53. The van der Waals surface area contributed by atoms with Crippen LogP contribution in [-0.2, 0) is 0 Å². The lowest BCUT2D eigenvalue weighted by Gasteiger charge is -2.37. The third-order valence-corrected chi connectivity index (χ3v) is 5.65. The highest BCUT2D eigenvalue weighted by molar-refractivity contribution is 14.1. The molecule has 0 N–H and O–H groups in total. The van der Waals surface area contributed by atoms with Crippen molar-refractivity contribution in [1.29, 1.82) is 0 Å². The van der Waals surface area contributed by atoms with Gasteiger partial charge in [0.15, 0.2) is 0 Å². The van der Waals surface area contributed by atoms with Crippen molar-refractivity contribution >= 4 is 34.3 Å². The van der Waals surface area contributed by atoms with E-state index >= 15 is 0 Å². The van der Waals surface area contributed by atoms with Crippen LogP contribution in [0.2, 0.25) is 0 Å². The summed E-state index contributed by atoms with van der Waals surface area (Å²) in [5.74, 6) is 1.24. The average Bonchev–Trinajstić information content (AvgIpc) is 2.62. The number of benzene rings is 1. The quantitative estimate of drug-likeness (QED) is 0.647. The molecule has 1 amide bonds. The Balaban J connectivity index is 1.65. The largest absolute Gasteiger partial charge is 0.356 e. The number of carbonyl (C=O) groups excluding carboxylic acids is 1. The Kier molecular flexibility index (Phi) is 5.74. The van der Waals surface area contributed by atoms with Crippen molar-refractivity contribution < 1.29 is 9.18 Å². The molecular weight excluding hydrogens is 446 g/mol. The third-order valence-electron chi connectivity index (χ3n) is 4.78. The number of rotatable bonds is 3. The molecule has 0 spiro atoms. The van der Waals surface area contributed by atoms with Gasteiger partial charge in [0.25, 0.3) is 5.91 Å². The van der Waals surface area contributed by atoms with Crippen molar-refractivity contribution in [3.05, 3.63) is 50.7 Å². The zero-order chi connectivity index (χ0) is 18.8. The maximum Gasteiger partial charge on any atom is 0.253 e. The first-order chi connectivity index (χ1) is 12.3. The molecule has 0 aliphatic carbocycles. The lowest BCUT2D eigenvalue weighted by atomic mass is 10.0. The number of amides is 1. The second kappa shape index (κ2) is 7.85. The molecule has 1 saturated heterocycles. The van der Waals surface area contributed by atoms with E-state index in [2.05, 4.69) is 14.9 Å². The molecule has 26 heavy (non-hydrogen) atoms. The summed E-state index contributed by atoms with van der Waals surface area (Å²) >= 11 is 1.92. The lowest BCUT2D eigenvalue weighted by Crippen LogP contribution is -2.46. The monoisotopic (exact) mass is 468 g/mol. The maximum absolute atomic E-state index is 13.8. The Bertz CT molecular complexity index is 801. The summed E-state index contributed by atoms with van der Waals surface area (Å²) in [5.41, 5.74) is 1.36. The smallest absolute Gasteiger partial charge is 0.253 e. The van der Waals surface area contributed by atoms with Crippen molar-refractivity contribution in [1.82, 2.24) is 14.9 Å². The number of aryl methyl sites for hydroxylation is 2. The summed E-state index contributed by atoms with van der Waals surface area (Å²) in [4.78, 5) is 25.5. The topological polar surface area (TPSA) is 49.3 Å². The minimum absolute atomic E-state index is 0.132. The molecule has 0 atom stereocenters. The normalized spacial score (nSPS) is 15.2. The first kappa shape index (κ1) is 19.0. The molecule has 1 aromatic carbocycles. The molecule has 2 aromatic rings. The van der Waals surface area contributed by atoms with Gasteiger partial charge in [-0.05, 0) is 67.5 Å². The number of hydrogen-bond acceptors (Lipinski definition) is 4. The van der Waals surface area contributed by atoms with Gasteiger partial charge in [0.2, 0.25) is 0 Å². The van der Waals surface area contributed by atoms with Gasteiger partial charge in [0.1, 0.15) is 17.5 Å². The number of aromatic nitrogens is 2. The van der Waals surface area contributed by atoms with Gasteiger partial charge in [-0.15, -0.1) is 0 Å². The van der Waals surface area contributed by atoms with Crippen LogP contribution in [0, 0.1) is 23.2 Å². The van der Waals surface area contributed by atoms with Gasteiger partial charge >= 0.3 is 0 Å². The van der Waals surface area contributed by atoms with Gasteiger partial charge in [0.05, 0.1) is 0 Å². The van der Waals surface area contributed by atoms with Crippen molar-refractivity contribution in [3.63, 3.8) is 0 Å². The number of carbonyl (C=O) groups is 1. The van der Waals surface area contributed by atoms with Gasteiger partial charge in [-0.1, -0.05) is 0 Å². The molecule has 0 radical (unpaired) electrons. The predicted molar refractivity (Wildman–Crippen MR) is 108 cm³/mol. The fourth-order valence-corrected chi connectivity index (χ4v) is 3.68. The van der Waals surface area contributed by atoms with E-state index in [1.165, 1.54) is 6.07 Å². The molecule has 0 saturated carbocycles. The molecule has 0 bridgehead atoms. The highest BCUT2D eigenvalue weighted by Crippen LogP contribution is 2.23. The SMILES string of the molecule is Cc1cc(N2CCC(N(C)C(=O)c3ccc(I)c(F)c3)CC2)nc(C)n1. The molecule has 5 nitrogen and oxygen atoms in total. The molecule has 1 aliphatic rings.